The minimum Gasteiger partial charge on any atom is -0.465 e. The number of esters is 1. The summed E-state index contributed by atoms with van der Waals surface area (Å²) < 4.78 is 4.91. The molecule has 3 rings (SSSR count). The van der Waals surface area contributed by atoms with Gasteiger partial charge in [0.25, 0.3) is 0 Å². The summed E-state index contributed by atoms with van der Waals surface area (Å²) >= 11 is 12.9. The number of halogens is 1. The van der Waals surface area contributed by atoms with Crippen LogP contribution in [0.1, 0.15) is 27.2 Å². The van der Waals surface area contributed by atoms with Gasteiger partial charge < -0.3 is 15.4 Å². The number of ether oxygens (including phenoxy) is 1. The molecule has 0 atom stereocenters. The van der Waals surface area contributed by atoms with Gasteiger partial charge in [-0.05, 0) is 49.2 Å². The highest BCUT2D eigenvalue weighted by Gasteiger charge is 2.27. The van der Waals surface area contributed by atoms with Crippen LogP contribution in [0.3, 0.4) is 0 Å². The summed E-state index contributed by atoms with van der Waals surface area (Å²) in [5, 5.41) is 7.46. The van der Waals surface area contributed by atoms with Crippen LogP contribution in [-0.4, -0.2) is 23.2 Å². The maximum absolute atomic E-state index is 12.1. The number of thiocarbonyl (C=S) groups is 1. The molecular formula is C15H14ClN3O2S2. The number of nitrogens with zero attached hydrogens (tertiary/aromatic N) is 1. The van der Waals surface area contributed by atoms with Gasteiger partial charge in [0.15, 0.2) is 10.3 Å². The number of methoxy groups -OCH3 is 1. The second-order valence-corrected chi connectivity index (χ2v) is 6.85. The number of aromatic nitrogens is 1. The number of nitrogens with one attached hydrogen (secondary N) is 2. The normalized spacial score (nSPS) is 12.6. The molecule has 5 nitrogen and oxygen atoms in total. The van der Waals surface area contributed by atoms with Crippen LogP contribution < -0.4 is 10.6 Å². The number of pyridine rings is 1. The number of hydrogen-bond donors (Lipinski definition) is 2. The summed E-state index contributed by atoms with van der Waals surface area (Å²) in [6.07, 6.45) is 4.55. The molecule has 0 radical (unpaired) electrons. The van der Waals surface area contributed by atoms with Gasteiger partial charge >= 0.3 is 5.97 Å². The van der Waals surface area contributed by atoms with Crippen LogP contribution in [0.25, 0.3) is 0 Å². The number of anilines is 2. The lowest BCUT2D eigenvalue weighted by molar-refractivity contribution is 0.0601. The fraction of sp³-hybridized carbons (Fsp3) is 0.267. The van der Waals surface area contributed by atoms with Gasteiger partial charge in [-0.2, -0.15) is 0 Å². The van der Waals surface area contributed by atoms with E-state index in [-0.39, 0.29) is 5.97 Å². The number of thiophene rings is 1. The maximum atomic E-state index is 12.1. The Morgan fingerprint density at radius 1 is 1.43 bits per heavy atom. The second kappa shape index (κ2) is 6.82. The Bertz CT molecular complexity index is 776. The summed E-state index contributed by atoms with van der Waals surface area (Å²) in [7, 11) is 1.39. The van der Waals surface area contributed by atoms with Gasteiger partial charge in [-0.25, -0.2) is 9.78 Å². The van der Waals surface area contributed by atoms with Crippen molar-refractivity contribution in [3.8, 4) is 0 Å². The molecule has 0 fully saturated rings. The van der Waals surface area contributed by atoms with Crippen molar-refractivity contribution in [1.29, 1.82) is 0 Å². The SMILES string of the molecule is COC(=O)c1c(NC(=S)Nc2cccnc2Cl)sc2c1CCC2. The van der Waals surface area contributed by atoms with Crippen molar-refractivity contribution in [1.82, 2.24) is 4.98 Å². The highest BCUT2D eigenvalue weighted by molar-refractivity contribution is 7.80. The molecule has 2 N–H and O–H groups in total. The van der Waals surface area contributed by atoms with Crippen molar-refractivity contribution in [3.63, 3.8) is 0 Å². The predicted molar refractivity (Wildman–Crippen MR) is 96.8 cm³/mol. The van der Waals surface area contributed by atoms with E-state index in [0.717, 1.165) is 24.8 Å². The number of aryl methyl sites for hydroxylation is 1. The largest absolute Gasteiger partial charge is 0.465 e. The fourth-order valence-electron chi connectivity index (χ4n) is 2.55. The van der Waals surface area contributed by atoms with Crippen molar-refractivity contribution in [3.05, 3.63) is 39.5 Å². The molecule has 0 aromatic carbocycles. The molecule has 0 unspecified atom stereocenters. The third-order valence-electron chi connectivity index (χ3n) is 3.55. The predicted octanol–water partition coefficient (Wildman–Crippen LogP) is 3.88. The lowest BCUT2D eigenvalue weighted by Gasteiger charge is -2.11. The standard InChI is InChI=1S/C15H14ClN3O2S2/c1-21-14(20)11-8-4-2-6-10(8)23-13(11)19-15(22)18-9-5-3-7-17-12(9)16/h3,5,7H,2,4,6H2,1H3,(H2,18,19,22). The Balaban J connectivity index is 1.82. The van der Waals surface area contributed by atoms with Crippen LogP contribution in [0.5, 0.6) is 0 Å². The number of fused-ring (bicyclic) bond motifs is 1. The van der Waals surface area contributed by atoms with Crippen molar-refractivity contribution in [2.45, 2.75) is 19.3 Å². The molecule has 2 heterocycles. The molecule has 1 aliphatic carbocycles. The highest BCUT2D eigenvalue weighted by Crippen LogP contribution is 2.39. The third-order valence-corrected chi connectivity index (χ3v) is 5.26. The van der Waals surface area contributed by atoms with E-state index in [4.69, 9.17) is 28.6 Å². The van der Waals surface area contributed by atoms with Crippen molar-refractivity contribution in [2.75, 3.05) is 17.7 Å². The molecule has 120 valence electrons. The Labute approximate surface area is 148 Å². The van der Waals surface area contributed by atoms with Crippen LogP contribution in [0.15, 0.2) is 18.3 Å². The van der Waals surface area contributed by atoms with E-state index in [9.17, 15) is 4.79 Å². The molecule has 0 saturated carbocycles. The zero-order valence-corrected chi connectivity index (χ0v) is 14.7. The Morgan fingerprint density at radius 3 is 3.00 bits per heavy atom. The van der Waals surface area contributed by atoms with Gasteiger partial charge in [0.05, 0.1) is 18.4 Å². The molecule has 2 aromatic heterocycles. The molecule has 8 heteroatoms. The lowest BCUT2D eigenvalue weighted by Crippen LogP contribution is -2.20. The molecule has 1 aliphatic rings. The van der Waals surface area contributed by atoms with Crippen LogP contribution in [0.2, 0.25) is 5.15 Å². The molecule has 0 bridgehead atoms. The molecule has 2 aromatic rings. The average molecular weight is 368 g/mol. The molecule has 0 aliphatic heterocycles. The van der Waals surface area contributed by atoms with Crippen molar-refractivity contribution < 1.29 is 9.53 Å². The van der Waals surface area contributed by atoms with Gasteiger partial charge in [-0.3, -0.25) is 0 Å². The van der Waals surface area contributed by atoms with E-state index in [1.165, 1.54) is 12.0 Å². The average Bonchev–Trinajstić information content (AvgIpc) is 3.09. The van der Waals surface area contributed by atoms with Crippen LogP contribution in [-0.2, 0) is 17.6 Å². The quantitative estimate of drug-likeness (QED) is 0.487. The van der Waals surface area contributed by atoms with Gasteiger partial charge in [-0.15, -0.1) is 11.3 Å². The third kappa shape index (κ3) is 3.31. The smallest absolute Gasteiger partial charge is 0.341 e. The summed E-state index contributed by atoms with van der Waals surface area (Å²) in [5.74, 6) is -0.339. The molecule has 23 heavy (non-hydrogen) atoms. The Hall–Kier alpha value is -1.70. The van der Waals surface area contributed by atoms with E-state index < -0.39 is 0 Å². The first kappa shape index (κ1) is 16.2. The zero-order chi connectivity index (χ0) is 16.4. The van der Waals surface area contributed by atoms with E-state index in [1.54, 1.807) is 29.7 Å². The van der Waals surface area contributed by atoms with E-state index in [2.05, 4.69) is 15.6 Å². The highest BCUT2D eigenvalue weighted by atomic mass is 35.5. The topological polar surface area (TPSA) is 63.2 Å². The number of hydrogen-bond acceptors (Lipinski definition) is 5. The van der Waals surface area contributed by atoms with E-state index >= 15 is 0 Å². The summed E-state index contributed by atoms with van der Waals surface area (Å²) in [4.78, 5) is 17.3. The van der Waals surface area contributed by atoms with Gasteiger partial charge in [-0.1, -0.05) is 11.6 Å². The first-order valence-corrected chi connectivity index (χ1v) is 8.61. The van der Waals surface area contributed by atoms with E-state index in [1.807, 2.05) is 0 Å². The van der Waals surface area contributed by atoms with Crippen LogP contribution >= 0.6 is 35.2 Å². The number of carbonyl (C=O) groups is 1. The zero-order valence-electron chi connectivity index (χ0n) is 12.3. The molecule has 0 saturated heterocycles. The minimum absolute atomic E-state index is 0.332. The van der Waals surface area contributed by atoms with Crippen molar-refractivity contribution in [2.24, 2.45) is 0 Å². The summed E-state index contributed by atoms with van der Waals surface area (Å²) in [6, 6.07) is 3.54. The van der Waals surface area contributed by atoms with E-state index in [0.29, 0.717) is 26.5 Å². The van der Waals surface area contributed by atoms with Crippen LogP contribution in [0, 0.1) is 0 Å². The monoisotopic (exact) mass is 367 g/mol. The number of carbonyl (C=O) groups excluding carboxylic acids is 1. The van der Waals surface area contributed by atoms with Crippen LogP contribution in [0.4, 0.5) is 10.7 Å². The summed E-state index contributed by atoms with van der Waals surface area (Å²) in [5.41, 5.74) is 2.27. The van der Waals surface area contributed by atoms with Gasteiger partial charge in [0.2, 0.25) is 0 Å². The lowest BCUT2D eigenvalue weighted by atomic mass is 10.1. The summed E-state index contributed by atoms with van der Waals surface area (Å²) in [6.45, 7) is 0. The Morgan fingerprint density at radius 2 is 2.26 bits per heavy atom. The molecule has 0 spiro atoms. The van der Waals surface area contributed by atoms with Gasteiger partial charge in [0, 0.05) is 11.1 Å². The van der Waals surface area contributed by atoms with Gasteiger partial charge in [0.1, 0.15) is 5.00 Å². The fourth-order valence-corrected chi connectivity index (χ4v) is 4.27. The van der Waals surface area contributed by atoms with Crippen molar-refractivity contribution >= 4 is 56.9 Å². The number of rotatable bonds is 3. The maximum Gasteiger partial charge on any atom is 0.341 e. The minimum atomic E-state index is -0.339. The second-order valence-electron chi connectivity index (χ2n) is 4.97. The molecular weight excluding hydrogens is 354 g/mol. The first-order chi connectivity index (χ1) is 11.1. The molecule has 0 amide bonds. The Kier molecular flexibility index (Phi) is 4.79. The first-order valence-electron chi connectivity index (χ1n) is 7.01.